The molecule has 0 spiro atoms. The molecule has 0 aromatic carbocycles. The average molecular weight is 356 g/mol. The summed E-state index contributed by atoms with van der Waals surface area (Å²) >= 11 is 0. The first kappa shape index (κ1) is 22.5. The van der Waals surface area contributed by atoms with Gasteiger partial charge in [0.25, 0.3) is 0 Å². The van der Waals surface area contributed by atoms with Gasteiger partial charge >= 0.3 is 0 Å². The van der Waals surface area contributed by atoms with E-state index >= 15 is 0 Å². The smallest absolute Gasteiger partial charge is 0.0267 e. The van der Waals surface area contributed by atoms with Crippen molar-refractivity contribution in [1.29, 1.82) is 0 Å². The largest absolute Gasteiger partial charge is 0.265 e. The summed E-state index contributed by atoms with van der Waals surface area (Å²) < 4.78 is 0. The highest BCUT2D eigenvalue weighted by Gasteiger charge is 1.58. The third kappa shape index (κ3) is 11.8. The molecule has 1 aromatic rings. The first-order valence-corrected chi connectivity index (χ1v) is 1.85. The van der Waals surface area contributed by atoms with Crippen LogP contribution >= 0.6 is 60.8 Å². The second-order valence-electron chi connectivity index (χ2n) is 1.02. The van der Waals surface area contributed by atoms with Crippen molar-refractivity contribution in [3.8, 4) is 0 Å². The maximum atomic E-state index is 3.78. The van der Waals surface area contributed by atoms with E-state index in [0.29, 0.717) is 0 Å². The highest BCUT2D eigenvalue weighted by molar-refractivity contribution is 8.93. The van der Waals surface area contributed by atoms with E-state index in [1.807, 2.05) is 18.2 Å². The van der Waals surface area contributed by atoms with Crippen LogP contribution in [0.4, 0.5) is 0 Å². The quantitative estimate of drug-likeness (QED) is 0.652. The molecule has 0 aliphatic heterocycles. The molecule has 0 saturated heterocycles. The van der Waals surface area contributed by atoms with Gasteiger partial charge in [0.05, 0.1) is 0 Å². The van der Waals surface area contributed by atoms with E-state index in [9.17, 15) is 0 Å². The molecule has 1 nitrogen and oxygen atoms in total. The van der Waals surface area contributed by atoms with Crippen LogP contribution in [0.3, 0.4) is 0 Å². The van der Waals surface area contributed by atoms with Crippen LogP contribution in [0.15, 0.2) is 30.6 Å². The Balaban J connectivity index is -0.0000000450. The zero-order valence-corrected chi connectivity index (χ0v) is 11.8. The van der Waals surface area contributed by atoms with Gasteiger partial charge in [0, 0.05) is 12.4 Å². The Morgan fingerprint density at radius 3 is 1.20 bits per heavy atom. The predicted molar refractivity (Wildman–Crippen MR) is 66.3 cm³/mol. The van der Waals surface area contributed by atoms with Gasteiger partial charge in [-0.25, -0.2) is 0 Å². The molecule has 0 fully saturated rings. The van der Waals surface area contributed by atoms with Gasteiger partial charge in [-0.3, -0.25) is 4.98 Å². The highest BCUT2D eigenvalue weighted by atomic mass is 79.9. The summed E-state index contributed by atoms with van der Waals surface area (Å²) in [5.41, 5.74) is 0. The molecule has 0 bridgehead atoms. The molecule has 1 aromatic heterocycles. The van der Waals surface area contributed by atoms with Crippen LogP contribution in [0, 0.1) is 0 Å². The molecule has 0 saturated carbocycles. The van der Waals surface area contributed by atoms with E-state index in [4.69, 9.17) is 0 Å². The number of pyridine rings is 1. The number of nitrogens with zero attached hydrogens (tertiary/aromatic N) is 1. The molecule has 1 atom stereocenters. The maximum Gasteiger partial charge on any atom is 0.0267 e. The maximum absolute atomic E-state index is 3.78. The Hall–Kier alpha value is 1.02. The molecule has 62 valence electrons. The lowest BCUT2D eigenvalue weighted by atomic mass is 10.5. The normalized spacial score (nSPS) is 4.80. The Labute approximate surface area is 95.9 Å². The van der Waals surface area contributed by atoms with Crippen LogP contribution < -0.4 is 0 Å². The molecule has 0 aliphatic carbocycles. The predicted octanol–water partition coefficient (Wildman–Crippen LogP) is 2.87. The molecular weight excluding hydrogens is 345 g/mol. The van der Waals surface area contributed by atoms with Gasteiger partial charge in [-0.2, -0.15) is 9.90 Å². The third-order valence-electron chi connectivity index (χ3n) is 0.566. The molecular formula is C5H11Br3NP. The molecule has 0 radical (unpaired) electrons. The molecule has 5 heteroatoms. The number of aromatic nitrogens is 1. The lowest BCUT2D eigenvalue weighted by molar-refractivity contribution is 1.33. The van der Waals surface area contributed by atoms with Crippen molar-refractivity contribution in [2.24, 2.45) is 0 Å². The topological polar surface area (TPSA) is 12.9 Å². The second-order valence-corrected chi connectivity index (χ2v) is 1.02. The van der Waals surface area contributed by atoms with Crippen molar-refractivity contribution in [2.75, 3.05) is 0 Å². The van der Waals surface area contributed by atoms with Gasteiger partial charge in [0.15, 0.2) is 0 Å². The zero-order chi connectivity index (χ0) is 4.24. The standard InChI is InChI=1S/C5H5N.3BrH.H3P/c1-2-4-6-5-3-1;;;;/h1-5H;3*1H;1H3. The van der Waals surface area contributed by atoms with Gasteiger partial charge in [0.1, 0.15) is 0 Å². The second kappa shape index (κ2) is 16.5. The van der Waals surface area contributed by atoms with Crippen molar-refractivity contribution < 1.29 is 0 Å². The monoisotopic (exact) mass is 353 g/mol. The summed E-state index contributed by atoms with van der Waals surface area (Å²) in [6.07, 6.45) is 3.50. The van der Waals surface area contributed by atoms with Crippen LogP contribution in [-0.4, -0.2) is 4.98 Å². The van der Waals surface area contributed by atoms with Crippen LogP contribution in [0.1, 0.15) is 0 Å². The highest BCUT2D eigenvalue weighted by Crippen LogP contribution is 1.73. The van der Waals surface area contributed by atoms with E-state index in [2.05, 4.69) is 4.98 Å². The summed E-state index contributed by atoms with van der Waals surface area (Å²) in [5, 5.41) is 0. The molecule has 0 aliphatic rings. The fourth-order valence-corrected chi connectivity index (χ4v) is 0.313. The lowest BCUT2D eigenvalue weighted by Gasteiger charge is -1.70. The molecule has 10 heavy (non-hydrogen) atoms. The molecule has 1 rings (SSSR count). The number of hydrogen-bond donors (Lipinski definition) is 0. The minimum atomic E-state index is 0. The summed E-state index contributed by atoms with van der Waals surface area (Å²) in [6, 6.07) is 5.72. The summed E-state index contributed by atoms with van der Waals surface area (Å²) in [4.78, 5) is 3.78. The van der Waals surface area contributed by atoms with Crippen LogP contribution in [0.25, 0.3) is 0 Å². The summed E-state index contributed by atoms with van der Waals surface area (Å²) in [7, 11) is 0. The first-order chi connectivity index (χ1) is 3.00. The van der Waals surface area contributed by atoms with E-state index < -0.39 is 0 Å². The number of halogens is 3. The fraction of sp³-hybridized carbons (Fsp3) is 0. The van der Waals surface area contributed by atoms with Crippen molar-refractivity contribution in [1.82, 2.24) is 4.98 Å². The van der Waals surface area contributed by atoms with Gasteiger partial charge in [-0.1, -0.05) is 6.07 Å². The Morgan fingerprint density at radius 2 is 1.10 bits per heavy atom. The Kier molecular flexibility index (Phi) is 37.1. The lowest BCUT2D eigenvalue weighted by Crippen LogP contribution is -1.58. The van der Waals surface area contributed by atoms with Crippen molar-refractivity contribution in [2.45, 2.75) is 0 Å². The van der Waals surface area contributed by atoms with Gasteiger partial charge in [-0.15, -0.1) is 50.9 Å². The van der Waals surface area contributed by atoms with Crippen LogP contribution in [0.2, 0.25) is 0 Å². The molecule has 1 unspecified atom stereocenters. The molecule has 0 N–H and O–H groups in total. The van der Waals surface area contributed by atoms with Gasteiger partial charge < -0.3 is 0 Å². The first-order valence-electron chi connectivity index (χ1n) is 1.85. The number of hydrogen-bond acceptors (Lipinski definition) is 1. The SMILES string of the molecule is Br.Br.Br.P.c1ccncc1. The zero-order valence-electron chi connectivity index (χ0n) is 5.27. The van der Waals surface area contributed by atoms with E-state index in [0.717, 1.165) is 0 Å². The number of rotatable bonds is 0. The molecule has 0 amide bonds. The van der Waals surface area contributed by atoms with E-state index in [-0.39, 0.29) is 60.8 Å². The van der Waals surface area contributed by atoms with Crippen molar-refractivity contribution >= 4 is 60.8 Å². The van der Waals surface area contributed by atoms with Gasteiger partial charge in [-0.05, 0) is 12.1 Å². The summed E-state index contributed by atoms with van der Waals surface area (Å²) in [5.74, 6) is 0. The minimum Gasteiger partial charge on any atom is -0.265 e. The van der Waals surface area contributed by atoms with Crippen LogP contribution in [0.5, 0.6) is 0 Å². The summed E-state index contributed by atoms with van der Waals surface area (Å²) in [6.45, 7) is 0. The van der Waals surface area contributed by atoms with Crippen LogP contribution in [-0.2, 0) is 0 Å². The van der Waals surface area contributed by atoms with Gasteiger partial charge in [0.2, 0.25) is 0 Å². The fourth-order valence-electron chi connectivity index (χ4n) is 0.313. The van der Waals surface area contributed by atoms with Crippen molar-refractivity contribution in [3.05, 3.63) is 30.6 Å². The Morgan fingerprint density at radius 1 is 0.700 bits per heavy atom. The Bertz CT molecular complexity index is 88.8. The third-order valence-corrected chi connectivity index (χ3v) is 0.566. The van der Waals surface area contributed by atoms with E-state index in [1.54, 1.807) is 12.4 Å². The molecule has 1 heterocycles. The van der Waals surface area contributed by atoms with E-state index in [1.165, 1.54) is 0 Å². The average Bonchev–Trinajstić information content (AvgIpc) is 1.72. The van der Waals surface area contributed by atoms with Crippen molar-refractivity contribution in [3.63, 3.8) is 0 Å². The minimum absolute atomic E-state index is 0.